The number of halogens is 1. The van der Waals surface area contributed by atoms with Crippen LogP contribution in [0.15, 0.2) is 48.5 Å². The highest BCUT2D eigenvalue weighted by atomic mass is 35.5. The van der Waals surface area contributed by atoms with E-state index >= 15 is 0 Å². The molecule has 0 saturated heterocycles. The molecule has 0 aromatic heterocycles. The summed E-state index contributed by atoms with van der Waals surface area (Å²) < 4.78 is 10.8. The van der Waals surface area contributed by atoms with Crippen LogP contribution in [-0.4, -0.2) is 25.7 Å². The molecular formula is C19H22ClNO3. The van der Waals surface area contributed by atoms with Crippen LogP contribution in [0.2, 0.25) is 5.02 Å². The molecule has 0 heterocycles. The Morgan fingerprint density at radius 3 is 2.29 bits per heavy atom. The van der Waals surface area contributed by atoms with Gasteiger partial charge < -0.3 is 14.8 Å². The number of aryl methyl sites for hydroxylation is 1. The van der Waals surface area contributed by atoms with Crippen LogP contribution in [0, 0.1) is 0 Å². The van der Waals surface area contributed by atoms with E-state index < -0.39 is 0 Å². The maximum atomic E-state index is 11.7. The van der Waals surface area contributed by atoms with Gasteiger partial charge in [0.15, 0.2) is 6.61 Å². The molecule has 0 aliphatic carbocycles. The fraction of sp³-hybridized carbons (Fsp3) is 0.316. The summed E-state index contributed by atoms with van der Waals surface area (Å²) in [5.74, 6) is 1.38. The van der Waals surface area contributed by atoms with E-state index in [1.165, 1.54) is 5.56 Å². The summed E-state index contributed by atoms with van der Waals surface area (Å²) in [5.41, 5.74) is 1.23. The van der Waals surface area contributed by atoms with Crippen molar-refractivity contribution in [3.8, 4) is 11.5 Å². The van der Waals surface area contributed by atoms with Crippen LogP contribution in [0.25, 0.3) is 0 Å². The molecule has 5 heteroatoms. The highest BCUT2D eigenvalue weighted by molar-refractivity contribution is 6.30. The topological polar surface area (TPSA) is 47.6 Å². The lowest BCUT2D eigenvalue weighted by Crippen LogP contribution is -2.29. The standard InChI is InChI=1S/C19H22ClNO3/c1-2-23-17-9-5-15(6-10-17)4-3-13-21-19(22)14-24-18-11-7-16(20)8-12-18/h5-12H,2-4,13-14H2,1H3,(H,21,22). The average molecular weight is 348 g/mol. The number of carbonyl (C=O) groups is 1. The number of nitrogens with one attached hydrogen (secondary N) is 1. The lowest BCUT2D eigenvalue weighted by molar-refractivity contribution is -0.123. The second kappa shape index (κ2) is 9.83. The summed E-state index contributed by atoms with van der Waals surface area (Å²) in [5, 5.41) is 3.49. The maximum absolute atomic E-state index is 11.7. The summed E-state index contributed by atoms with van der Waals surface area (Å²) in [4.78, 5) is 11.7. The highest BCUT2D eigenvalue weighted by Gasteiger charge is 2.02. The summed E-state index contributed by atoms with van der Waals surface area (Å²) in [7, 11) is 0. The summed E-state index contributed by atoms with van der Waals surface area (Å²) >= 11 is 5.79. The number of benzene rings is 2. The van der Waals surface area contributed by atoms with Crippen LogP contribution in [0.3, 0.4) is 0 Å². The Morgan fingerprint density at radius 2 is 1.62 bits per heavy atom. The van der Waals surface area contributed by atoms with Crippen molar-refractivity contribution in [3.05, 3.63) is 59.1 Å². The van der Waals surface area contributed by atoms with Crippen LogP contribution in [-0.2, 0) is 11.2 Å². The van der Waals surface area contributed by atoms with Gasteiger partial charge in [0.05, 0.1) is 6.61 Å². The third kappa shape index (κ3) is 6.50. The van der Waals surface area contributed by atoms with E-state index in [9.17, 15) is 4.79 Å². The van der Waals surface area contributed by atoms with Gasteiger partial charge >= 0.3 is 0 Å². The van der Waals surface area contributed by atoms with Gasteiger partial charge in [-0.05, 0) is 61.7 Å². The summed E-state index contributed by atoms with van der Waals surface area (Å²) in [6.45, 7) is 3.26. The van der Waals surface area contributed by atoms with Gasteiger partial charge in [0.25, 0.3) is 5.91 Å². The molecule has 0 saturated carbocycles. The van der Waals surface area contributed by atoms with Crippen molar-refractivity contribution in [2.45, 2.75) is 19.8 Å². The first-order valence-corrected chi connectivity index (χ1v) is 8.42. The molecule has 1 amide bonds. The van der Waals surface area contributed by atoms with Crippen molar-refractivity contribution >= 4 is 17.5 Å². The van der Waals surface area contributed by atoms with Gasteiger partial charge in [-0.3, -0.25) is 4.79 Å². The van der Waals surface area contributed by atoms with E-state index in [2.05, 4.69) is 17.4 Å². The molecule has 0 radical (unpaired) electrons. The Kier molecular flexibility index (Phi) is 7.43. The first-order valence-electron chi connectivity index (χ1n) is 8.04. The number of ether oxygens (including phenoxy) is 2. The largest absolute Gasteiger partial charge is 0.494 e. The minimum absolute atomic E-state index is 0.00465. The molecule has 2 aromatic carbocycles. The van der Waals surface area contributed by atoms with Crippen LogP contribution < -0.4 is 14.8 Å². The molecule has 4 nitrogen and oxygen atoms in total. The van der Waals surface area contributed by atoms with Crippen molar-refractivity contribution in [1.29, 1.82) is 0 Å². The lowest BCUT2D eigenvalue weighted by Gasteiger charge is -2.08. The Morgan fingerprint density at radius 1 is 1.00 bits per heavy atom. The first-order chi connectivity index (χ1) is 11.7. The summed E-state index contributed by atoms with van der Waals surface area (Å²) in [6, 6.07) is 15.0. The van der Waals surface area contributed by atoms with Crippen LogP contribution >= 0.6 is 11.6 Å². The van der Waals surface area contributed by atoms with Crippen molar-refractivity contribution in [2.24, 2.45) is 0 Å². The second-order valence-electron chi connectivity index (χ2n) is 5.27. The number of carbonyl (C=O) groups excluding carboxylic acids is 1. The quantitative estimate of drug-likeness (QED) is 0.700. The molecule has 0 fully saturated rings. The van der Waals surface area contributed by atoms with Gasteiger partial charge in [-0.15, -0.1) is 0 Å². The second-order valence-corrected chi connectivity index (χ2v) is 5.71. The molecule has 0 unspecified atom stereocenters. The molecule has 0 spiro atoms. The van der Waals surface area contributed by atoms with E-state index in [1.807, 2.05) is 19.1 Å². The molecule has 2 rings (SSSR count). The molecule has 24 heavy (non-hydrogen) atoms. The predicted molar refractivity (Wildman–Crippen MR) is 95.9 cm³/mol. The zero-order chi connectivity index (χ0) is 17.2. The van der Waals surface area contributed by atoms with Crippen molar-refractivity contribution in [3.63, 3.8) is 0 Å². The van der Waals surface area contributed by atoms with E-state index in [1.54, 1.807) is 24.3 Å². The predicted octanol–water partition coefficient (Wildman–Crippen LogP) is 3.87. The number of rotatable bonds is 9. The first kappa shape index (κ1) is 18.1. The Hall–Kier alpha value is -2.20. The number of hydrogen-bond acceptors (Lipinski definition) is 3. The van der Waals surface area contributed by atoms with Gasteiger partial charge in [0, 0.05) is 11.6 Å². The maximum Gasteiger partial charge on any atom is 0.257 e. The van der Waals surface area contributed by atoms with E-state index in [4.69, 9.17) is 21.1 Å². The third-order valence-electron chi connectivity index (χ3n) is 3.38. The van der Waals surface area contributed by atoms with E-state index in [0.717, 1.165) is 18.6 Å². The van der Waals surface area contributed by atoms with E-state index in [0.29, 0.717) is 23.9 Å². The monoisotopic (exact) mass is 347 g/mol. The molecule has 2 aromatic rings. The number of hydrogen-bond donors (Lipinski definition) is 1. The van der Waals surface area contributed by atoms with Crippen molar-refractivity contribution in [2.75, 3.05) is 19.8 Å². The molecule has 0 aliphatic heterocycles. The molecule has 128 valence electrons. The molecular weight excluding hydrogens is 326 g/mol. The van der Waals surface area contributed by atoms with Gasteiger partial charge in [-0.1, -0.05) is 23.7 Å². The van der Waals surface area contributed by atoms with Crippen molar-refractivity contribution < 1.29 is 14.3 Å². The van der Waals surface area contributed by atoms with Gasteiger partial charge in [0.2, 0.25) is 0 Å². The highest BCUT2D eigenvalue weighted by Crippen LogP contribution is 2.15. The zero-order valence-electron chi connectivity index (χ0n) is 13.8. The van der Waals surface area contributed by atoms with Crippen LogP contribution in [0.5, 0.6) is 11.5 Å². The van der Waals surface area contributed by atoms with E-state index in [-0.39, 0.29) is 12.5 Å². The minimum atomic E-state index is -0.128. The number of amides is 1. The van der Waals surface area contributed by atoms with Gasteiger partial charge in [-0.25, -0.2) is 0 Å². The molecule has 0 aliphatic rings. The lowest BCUT2D eigenvalue weighted by atomic mass is 10.1. The minimum Gasteiger partial charge on any atom is -0.494 e. The molecule has 0 bridgehead atoms. The van der Waals surface area contributed by atoms with Crippen LogP contribution in [0.1, 0.15) is 18.9 Å². The third-order valence-corrected chi connectivity index (χ3v) is 3.63. The SMILES string of the molecule is CCOc1ccc(CCCNC(=O)COc2ccc(Cl)cc2)cc1. The Labute approximate surface area is 147 Å². The Balaban J connectivity index is 1.61. The normalized spacial score (nSPS) is 10.2. The fourth-order valence-electron chi connectivity index (χ4n) is 2.17. The zero-order valence-corrected chi connectivity index (χ0v) is 14.5. The Bertz CT molecular complexity index is 626. The van der Waals surface area contributed by atoms with Gasteiger partial charge in [-0.2, -0.15) is 0 Å². The molecule has 0 atom stereocenters. The van der Waals surface area contributed by atoms with Crippen molar-refractivity contribution in [1.82, 2.24) is 5.32 Å². The van der Waals surface area contributed by atoms with Crippen LogP contribution in [0.4, 0.5) is 0 Å². The average Bonchev–Trinajstić information content (AvgIpc) is 2.60. The molecule has 1 N–H and O–H groups in total. The van der Waals surface area contributed by atoms with Gasteiger partial charge in [0.1, 0.15) is 11.5 Å². The summed E-state index contributed by atoms with van der Waals surface area (Å²) in [6.07, 6.45) is 1.78. The fourth-order valence-corrected chi connectivity index (χ4v) is 2.30. The smallest absolute Gasteiger partial charge is 0.257 e.